The molecule has 0 unspecified atom stereocenters. The fraction of sp³-hybridized carbons (Fsp3) is 0.800. The van der Waals surface area contributed by atoms with E-state index in [1.54, 1.807) is 0 Å². The molecule has 20 heavy (non-hydrogen) atoms. The summed E-state index contributed by atoms with van der Waals surface area (Å²) in [7, 11) is 0. The van der Waals surface area contributed by atoms with Gasteiger partial charge in [0.2, 0.25) is 0 Å². The van der Waals surface area contributed by atoms with Gasteiger partial charge in [0.25, 0.3) is 0 Å². The quantitative estimate of drug-likeness (QED) is 0.452. The summed E-state index contributed by atoms with van der Waals surface area (Å²) in [6.07, 6.45) is 5.47. The molecule has 0 atom stereocenters. The zero-order valence-corrected chi connectivity index (χ0v) is 14.6. The van der Waals surface area contributed by atoms with Crippen molar-refractivity contribution >= 4 is 0 Å². The zero-order chi connectivity index (χ0) is 15.2. The summed E-state index contributed by atoms with van der Waals surface area (Å²) >= 11 is 0. The standard InChI is InChI=1S/2C9H18.2CH4/c1-7-9(5,6)8(2,3)4;1-6-7-8(2)9(3,4)5;;/h7H,1H2,2-6H3;7H,6H2,1-5H3;2*1H4/b;8-7+;;. The molecule has 0 spiro atoms. The van der Waals surface area contributed by atoms with Crippen LogP contribution in [0.3, 0.4) is 0 Å². The second kappa shape index (κ2) is 10.2. The molecular formula is C20H44. The maximum absolute atomic E-state index is 3.80. The van der Waals surface area contributed by atoms with Crippen LogP contribution in [-0.2, 0) is 0 Å². The highest BCUT2D eigenvalue weighted by Crippen LogP contribution is 2.38. The predicted molar refractivity (Wildman–Crippen MR) is 100 cm³/mol. The molecule has 0 radical (unpaired) electrons. The van der Waals surface area contributed by atoms with E-state index in [1.807, 2.05) is 6.08 Å². The molecule has 0 fully saturated rings. The Morgan fingerprint density at radius 3 is 1.30 bits per heavy atom. The Labute approximate surface area is 131 Å². The fourth-order valence-electron chi connectivity index (χ4n) is 0.919. The molecule has 0 aromatic rings. The molecule has 0 aromatic heterocycles. The van der Waals surface area contributed by atoms with Crippen molar-refractivity contribution in [3.63, 3.8) is 0 Å². The van der Waals surface area contributed by atoms with Gasteiger partial charge in [0.05, 0.1) is 0 Å². The average molecular weight is 285 g/mol. The molecule has 0 aromatic carbocycles. The van der Waals surface area contributed by atoms with Crippen LogP contribution < -0.4 is 0 Å². The smallest absolute Gasteiger partial charge is 0.0129 e. The molecule has 0 nitrogen and oxygen atoms in total. The van der Waals surface area contributed by atoms with Crippen molar-refractivity contribution in [3.05, 3.63) is 24.3 Å². The van der Waals surface area contributed by atoms with Crippen LogP contribution in [0.5, 0.6) is 0 Å². The second-order valence-corrected chi connectivity index (χ2v) is 7.72. The van der Waals surface area contributed by atoms with Gasteiger partial charge >= 0.3 is 0 Å². The first kappa shape index (κ1) is 27.8. The van der Waals surface area contributed by atoms with Gasteiger partial charge in [0, 0.05) is 0 Å². The third kappa shape index (κ3) is 11.3. The summed E-state index contributed by atoms with van der Waals surface area (Å²) in [5.41, 5.74) is 2.43. The minimum Gasteiger partial charge on any atom is -0.103 e. The highest BCUT2D eigenvalue weighted by atomic mass is 14.3. The van der Waals surface area contributed by atoms with E-state index in [9.17, 15) is 0 Å². The molecule has 124 valence electrons. The van der Waals surface area contributed by atoms with E-state index >= 15 is 0 Å². The summed E-state index contributed by atoms with van der Waals surface area (Å²) < 4.78 is 0. The summed E-state index contributed by atoms with van der Waals surface area (Å²) in [5, 5.41) is 0. The third-order valence-corrected chi connectivity index (χ3v) is 4.14. The van der Waals surface area contributed by atoms with Gasteiger partial charge in [-0.2, -0.15) is 0 Å². The summed E-state index contributed by atoms with van der Waals surface area (Å²) in [4.78, 5) is 0. The van der Waals surface area contributed by atoms with Crippen LogP contribution in [0.1, 0.15) is 90.5 Å². The molecule has 0 saturated heterocycles. The van der Waals surface area contributed by atoms with E-state index in [4.69, 9.17) is 0 Å². The van der Waals surface area contributed by atoms with Crippen molar-refractivity contribution < 1.29 is 0 Å². The van der Waals surface area contributed by atoms with Crippen molar-refractivity contribution in [2.45, 2.75) is 90.5 Å². The molecular weight excluding hydrogens is 240 g/mol. The molecule has 0 amide bonds. The Hall–Kier alpha value is -0.520. The van der Waals surface area contributed by atoms with Gasteiger partial charge in [0.15, 0.2) is 0 Å². The lowest BCUT2D eigenvalue weighted by molar-refractivity contribution is 0.193. The van der Waals surface area contributed by atoms with Gasteiger partial charge in [-0.3, -0.25) is 0 Å². The zero-order valence-electron chi connectivity index (χ0n) is 14.6. The lowest BCUT2D eigenvalue weighted by Crippen LogP contribution is -2.26. The number of allylic oxidation sites excluding steroid dienone is 3. The van der Waals surface area contributed by atoms with Crippen molar-refractivity contribution in [2.75, 3.05) is 0 Å². The van der Waals surface area contributed by atoms with Crippen LogP contribution in [0, 0.1) is 16.2 Å². The van der Waals surface area contributed by atoms with Gasteiger partial charge in [-0.05, 0) is 29.6 Å². The number of rotatable bonds is 2. The number of hydrogen-bond acceptors (Lipinski definition) is 0. The van der Waals surface area contributed by atoms with E-state index in [2.05, 4.69) is 81.9 Å². The summed E-state index contributed by atoms with van der Waals surface area (Å²) in [6.45, 7) is 26.0. The molecule has 0 aliphatic heterocycles. The van der Waals surface area contributed by atoms with Gasteiger partial charge in [-0.15, -0.1) is 6.58 Å². The Balaban J connectivity index is -0.000000116. The van der Waals surface area contributed by atoms with Crippen LogP contribution >= 0.6 is 0 Å². The molecule has 0 rings (SSSR count). The molecule has 0 bridgehead atoms. The first-order valence-electron chi connectivity index (χ1n) is 7.10. The van der Waals surface area contributed by atoms with E-state index in [1.165, 1.54) is 5.57 Å². The minimum atomic E-state index is 0. The Kier molecular flexibility index (Phi) is 14.2. The molecule has 0 heterocycles. The monoisotopic (exact) mass is 284 g/mol. The molecule has 0 N–H and O–H groups in total. The van der Waals surface area contributed by atoms with Crippen LogP contribution in [-0.4, -0.2) is 0 Å². The Bertz CT molecular complexity index is 263. The average Bonchev–Trinajstić information content (AvgIpc) is 2.16. The lowest BCUT2D eigenvalue weighted by Gasteiger charge is -2.35. The highest BCUT2D eigenvalue weighted by molar-refractivity contribution is 5.06. The predicted octanol–water partition coefficient (Wildman–Crippen LogP) is 7.91. The molecule has 0 saturated carbocycles. The lowest BCUT2D eigenvalue weighted by atomic mass is 9.70. The van der Waals surface area contributed by atoms with Crippen molar-refractivity contribution in [1.29, 1.82) is 0 Å². The van der Waals surface area contributed by atoms with Gasteiger partial charge in [-0.1, -0.05) is 94.9 Å². The van der Waals surface area contributed by atoms with E-state index in [0.717, 1.165) is 6.42 Å². The SMILES string of the molecule is C.C.C=CC(C)(C)C(C)(C)C.CC/C=C(\C)C(C)(C)C. The van der Waals surface area contributed by atoms with Gasteiger partial charge in [-0.25, -0.2) is 0 Å². The molecule has 0 aliphatic carbocycles. The first-order valence-corrected chi connectivity index (χ1v) is 7.10. The maximum atomic E-state index is 3.80. The largest absolute Gasteiger partial charge is 0.103 e. The summed E-state index contributed by atoms with van der Waals surface area (Å²) in [6, 6.07) is 0. The van der Waals surface area contributed by atoms with Crippen molar-refractivity contribution in [3.8, 4) is 0 Å². The van der Waals surface area contributed by atoms with E-state index in [0.29, 0.717) is 10.8 Å². The number of hydrogen-bond donors (Lipinski definition) is 0. The third-order valence-electron chi connectivity index (χ3n) is 4.14. The van der Waals surface area contributed by atoms with Crippen LogP contribution in [0.4, 0.5) is 0 Å². The van der Waals surface area contributed by atoms with Crippen LogP contribution in [0.15, 0.2) is 24.3 Å². The summed E-state index contributed by atoms with van der Waals surface area (Å²) in [5.74, 6) is 0. The maximum Gasteiger partial charge on any atom is -0.0129 e. The first-order chi connectivity index (χ1) is 7.79. The van der Waals surface area contributed by atoms with Gasteiger partial charge < -0.3 is 0 Å². The Morgan fingerprint density at radius 1 is 0.900 bits per heavy atom. The van der Waals surface area contributed by atoms with Crippen LogP contribution in [0.2, 0.25) is 0 Å². The van der Waals surface area contributed by atoms with Crippen molar-refractivity contribution in [1.82, 2.24) is 0 Å². The fourth-order valence-corrected chi connectivity index (χ4v) is 0.919. The molecule has 0 heteroatoms. The highest BCUT2D eigenvalue weighted by Gasteiger charge is 2.28. The van der Waals surface area contributed by atoms with Crippen LogP contribution in [0.25, 0.3) is 0 Å². The molecule has 0 aliphatic rings. The normalized spacial score (nSPS) is 12.4. The Morgan fingerprint density at radius 2 is 1.25 bits per heavy atom. The van der Waals surface area contributed by atoms with Crippen molar-refractivity contribution in [2.24, 2.45) is 16.2 Å². The van der Waals surface area contributed by atoms with E-state index < -0.39 is 0 Å². The topological polar surface area (TPSA) is 0 Å². The second-order valence-electron chi connectivity index (χ2n) is 7.72. The minimum absolute atomic E-state index is 0. The van der Waals surface area contributed by atoms with Gasteiger partial charge in [0.1, 0.15) is 0 Å². The van der Waals surface area contributed by atoms with E-state index in [-0.39, 0.29) is 20.3 Å².